The molecule has 0 radical (unpaired) electrons. The third-order valence-electron chi connectivity index (χ3n) is 1.58. The van der Waals surface area contributed by atoms with Gasteiger partial charge in [0.1, 0.15) is 0 Å². The van der Waals surface area contributed by atoms with Crippen molar-refractivity contribution < 1.29 is 9.90 Å². The predicted molar refractivity (Wildman–Crippen MR) is 55.0 cm³/mol. The van der Waals surface area contributed by atoms with Crippen molar-refractivity contribution in [1.82, 2.24) is 15.1 Å². The molecular weight excluding hydrogens is 252 g/mol. The van der Waals surface area contributed by atoms with Crippen LogP contribution in [0, 0.1) is 0 Å². The minimum atomic E-state index is -1.01. The molecule has 0 bridgehead atoms. The molecule has 0 saturated heterocycles. The lowest BCUT2D eigenvalue weighted by molar-refractivity contribution is 0.194. The van der Waals surface area contributed by atoms with Crippen LogP contribution in [0.5, 0.6) is 0 Å². The van der Waals surface area contributed by atoms with E-state index in [1.807, 2.05) is 0 Å². The fraction of sp³-hybridized carbons (Fsp3) is 0.429. The molecule has 1 heterocycles. The van der Waals surface area contributed by atoms with Crippen LogP contribution in [0.25, 0.3) is 0 Å². The number of nitrogens with two attached hydrogens (primary N) is 1. The predicted octanol–water partition coefficient (Wildman–Crippen LogP) is 0.885. The highest BCUT2D eigenvalue weighted by molar-refractivity contribution is 9.10. The number of hydrogen-bond donors (Lipinski definition) is 3. The quantitative estimate of drug-likeness (QED) is 0.703. The minimum absolute atomic E-state index is 0.409. The minimum Gasteiger partial charge on any atom is -0.465 e. The highest BCUT2D eigenvalue weighted by atomic mass is 79.9. The Kier molecular flexibility index (Phi) is 3.75. The molecule has 0 aromatic carbocycles. The molecule has 4 N–H and O–H groups in total. The van der Waals surface area contributed by atoms with Crippen molar-refractivity contribution in [3.8, 4) is 0 Å². The number of aromatic nitrogens is 2. The highest BCUT2D eigenvalue weighted by Crippen LogP contribution is 2.16. The first kappa shape index (κ1) is 10.8. The molecule has 0 aliphatic rings. The van der Waals surface area contributed by atoms with E-state index in [1.54, 1.807) is 10.9 Å². The molecule has 14 heavy (non-hydrogen) atoms. The average Bonchev–Trinajstić information content (AvgIpc) is 2.40. The Morgan fingerprint density at radius 1 is 1.79 bits per heavy atom. The van der Waals surface area contributed by atoms with Gasteiger partial charge in [0.2, 0.25) is 0 Å². The normalized spacial score (nSPS) is 10.1. The summed E-state index contributed by atoms with van der Waals surface area (Å²) < 4.78 is 2.42. The van der Waals surface area contributed by atoms with E-state index in [0.717, 1.165) is 4.47 Å². The van der Waals surface area contributed by atoms with Crippen molar-refractivity contribution in [3.63, 3.8) is 0 Å². The second-order valence-electron chi connectivity index (χ2n) is 2.71. The molecule has 0 saturated carbocycles. The topological polar surface area (TPSA) is 93.2 Å². The van der Waals surface area contributed by atoms with Crippen LogP contribution in [-0.4, -0.2) is 27.5 Å². The van der Waals surface area contributed by atoms with Gasteiger partial charge in [-0.25, -0.2) is 4.79 Å². The number of hydrogen-bond acceptors (Lipinski definition) is 3. The van der Waals surface area contributed by atoms with Gasteiger partial charge in [-0.15, -0.1) is 0 Å². The van der Waals surface area contributed by atoms with Crippen LogP contribution in [0.4, 0.5) is 10.6 Å². The van der Waals surface area contributed by atoms with Crippen LogP contribution >= 0.6 is 15.9 Å². The van der Waals surface area contributed by atoms with Gasteiger partial charge in [-0.3, -0.25) is 4.68 Å². The number of nitrogens with zero attached hydrogens (tertiary/aromatic N) is 2. The van der Waals surface area contributed by atoms with Gasteiger partial charge in [0, 0.05) is 19.3 Å². The summed E-state index contributed by atoms with van der Waals surface area (Å²) in [5.41, 5.74) is 5.50. The summed E-state index contributed by atoms with van der Waals surface area (Å²) in [6, 6.07) is 0. The molecule has 1 amide bonds. The SMILES string of the molecule is Nc1nn(CCCNC(=O)O)cc1Br. The summed E-state index contributed by atoms with van der Waals surface area (Å²) in [6.45, 7) is 1.04. The van der Waals surface area contributed by atoms with Crippen LogP contribution in [0.15, 0.2) is 10.7 Å². The van der Waals surface area contributed by atoms with E-state index in [2.05, 4.69) is 26.3 Å². The van der Waals surface area contributed by atoms with Crippen molar-refractivity contribution in [2.75, 3.05) is 12.3 Å². The first-order chi connectivity index (χ1) is 6.59. The van der Waals surface area contributed by atoms with Gasteiger partial charge in [0.05, 0.1) is 4.47 Å². The van der Waals surface area contributed by atoms with E-state index in [9.17, 15) is 4.79 Å². The maximum absolute atomic E-state index is 10.1. The first-order valence-corrected chi connectivity index (χ1v) is 4.84. The Hall–Kier alpha value is -1.24. The smallest absolute Gasteiger partial charge is 0.404 e. The van der Waals surface area contributed by atoms with Crippen LogP contribution in [0.1, 0.15) is 6.42 Å². The average molecular weight is 263 g/mol. The molecule has 78 valence electrons. The lowest BCUT2D eigenvalue weighted by atomic mass is 10.4. The monoisotopic (exact) mass is 262 g/mol. The van der Waals surface area contributed by atoms with Gasteiger partial charge in [0.25, 0.3) is 0 Å². The van der Waals surface area contributed by atoms with E-state index < -0.39 is 6.09 Å². The van der Waals surface area contributed by atoms with Crippen LogP contribution in [0.2, 0.25) is 0 Å². The number of nitrogen functional groups attached to an aromatic ring is 1. The summed E-state index contributed by atoms with van der Waals surface area (Å²) in [5, 5.41) is 14.6. The zero-order chi connectivity index (χ0) is 10.6. The summed E-state index contributed by atoms with van der Waals surface area (Å²) in [4.78, 5) is 10.1. The van der Waals surface area contributed by atoms with Crippen LogP contribution < -0.4 is 11.1 Å². The molecule has 1 rings (SSSR count). The summed E-state index contributed by atoms with van der Waals surface area (Å²) in [7, 11) is 0. The Morgan fingerprint density at radius 2 is 2.50 bits per heavy atom. The number of halogens is 1. The second kappa shape index (κ2) is 4.85. The molecule has 1 aromatic rings. The molecule has 0 aliphatic heterocycles. The number of carbonyl (C=O) groups is 1. The van der Waals surface area contributed by atoms with Crippen molar-refractivity contribution in [1.29, 1.82) is 0 Å². The first-order valence-electron chi connectivity index (χ1n) is 4.05. The van der Waals surface area contributed by atoms with Crippen molar-refractivity contribution in [3.05, 3.63) is 10.7 Å². The lowest BCUT2D eigenvalue weighted by Crippen LogP contribution is -2.22. The molecule has 6 nitrogen and oxygen atoms in total. The van der Waals surface area contributed by atoms with Gasteiger partial charge in [-0.2, -0.15) is 5.10 Å². The summed E-state index contributed by atoms with van der Waals surface area (Å²) >= 11 is 3.23. The molecule has 0 fully saturated rings. The maximum Gasteiger partial charge on any atom is 0.404 e. The van der Waals surface area contributed by atoms with E-state index in [-0.39, 0.29) is 0 Å². The number of carboxylic acid groups (broad SMARTS) is 1. The van der Waals surface area contributed by atoms with Crippen molar-refractivity contribution in [2.24, 2.45) is 0 Å². The summed E-state index contributed by atoms with van der Waals surface area (Å²) in [5.74, 6) is 0.441. The number of rotatable bonds is 4. The van der Waals surface area contributed by atoms with E-state index in [4.69, 9.17) is 10.8 Å². The molecule has 0 spiro atoms. The van der Waals surface area contributed by atoms with Gasteiger partial charge >= 0.3 is 6.09 Å². The fourth-order valence-corrected chi connectivity index (χ4v) is 1.28. The number of amides is 1. The van der Waals surface area contributed by atoms with Gasteiger partial charge in [-0.1, -0.05) is 0 Å². The zero-order valence-corrected chi connectivity index (χ0v) is 8.99. The number of nitrogens with one attached hydrogen (secondary N) is 1. The highest BCUT2D eigenvalue weighted by Gasteiger charge is 2.01. The number of anilines is 1. The van der Waals surface area contributed by atoms with Gasteiger partial charge < -0.3 is 16.2 Å². The third kappa shape index (κ3) is 3.25. The van der Waals surface area contributed by atoms with Crippen molar-refractivity contribution in [2.45, 2.75) is 13.0 Å². The molecule has 0 atom stereocenters. The lowest BCUT2D eigenvalue weighted by Gasteiger charge is -2.00. The summed E-state index contributed by atoms with van der Waals surface area (Å²) in [6.07, 6.45) is 1.43. The molecule has 0 aliphatic carbocycles. The second-order valence-corrected chi connectivity index (χ2v) is 3.57. The van der Waals surface area contributed by atoms with Crippen LogP contribution in [-0.2, 0) is 6.54 Å². The van der Waals surface area contributed by atoms with E-state index >= 15 is 0 Å². The molecular formula is C7H11BrN4O2. The van der Waals surface area contributed by atoms with Gasteiger partial charge in [-0.05, 0) is 22.4 Å². The van der Waals surface area contributed by atoms with Gasteiger partial charge in [0.15, 0.2) is 5.82 Å². The fourth-order valence-electron chi connectivity index (χ4n) is 0.963. The molecule has 1 aromatic heterocycles. The Morgan fingerprint density at radius 3 is 3.00 bits per heavy atom. The third-order valence-corrected chi connectivity index (χ3v) is 2.19. The Balaban J connectivity index is 2.28. The standard InChI is InChI=1S/C7H11BrN4O2/c8-5-4-12(11-6(5)9)3-1-2-10-7(13)14/h4,10H,1-3H2,(H2,9,11)(H,13,14). The Bertz CT molecular complexity index is 306. The Labute approximate surface area is 89.2 Å². The van der Waals surface area contributed by atoms with Crippen molar-refractivity contribution >= 4 is 27.8 Å². The molecule has 7 heteroatoms. The van der Waals surface area contributed by atoms with E-state index in [1.165, 1.54) is 0 Å². The number of aryl methyl sites for hydroxylation is 1. The van der Waals surface area contributed by atoms with Crippen LogP contribution in [0.3, 0.4) is 0 Å². The largest absolute Gasteiger partial charge is 0.465 e. The molecule has 0 unspecified atom stereocenters. The zero-order valence-electron chi connectivity index (χ0n) is 7.40. The maximum atomic E-state index is 10.1. The van der Waals surface area contributed by atoms with E-state index in [0.29, 0.717) is 25.3 Å².